The van der Waals surface area contributed by atoms with Gasteiger partial charge in [0.2, 0.25) is 0 Å². The van der Waals surface area contributed by atoms with Crippen molar-refractivity contribution >= 4 is 11.7 Å². The number of rotatable bonds is 5. The zero-order valence-corrected chi connectivity index (χ0v) is 13.0. The Hall–Kier alpha value is -1.71. The smallest absolute Gasteiger partial charge is 0.331 e. The molecule has 0 spiro atoms. The fourth-order valence-corrected chi connectivity index (χ4v) is 2.93. The van der Waals surface area contributed by atoms with Gasteiger partial charge in [0.1, 0.15) is 11.3 Å². The summed E-state index contributed by atoms with van der Waals surface area (Å²) < 4.78 is 10.5. The van der Waals surface area contributed by atoms with Crippen molar-refractivity contribution in [1.82, 2.24) is 0 Å². The molecule has 1 fully saturated rings. The van der Waals surface area contributed by atoms with Crippen molar-refractivity contribution in [3.05, 3.63) is 24.3 Å². The van der Waals surface area contributed by atoms with Crippen LogP contribution in [0.15, 0.2) is 24.3 Å². The summed E-state index contributed by atoms with van der Waals surface area (Å²) in [7, 11) is 1.65. The molecule has 1 aromatic rings. The zero-order chi connectivity index (χ0) is 15.1. The van der Waals surface area contributed by atoms with E-state index in [1.807, 2.05) is 31.2 Å². The third-order valence-electron chi connectivity index (χ3n) is 4.10. The molecule has 4 nitrogen and oxygen atoms in total. The molecule has 1 N–H and O–H groups in total. The van der Waals surface area contributed by atoms with Crippen molar-refractivity contribution in [3.63, 3.8) is 0 Å². The van der Waals surface area contributed by atoms with Gasteiger partial charge in [-0.25, -0.2) is 4.79 Å². The lowest BCUT2D eigenvalue weighted by Gasteiger charge is -2.32. The summed E-state index contributed by atoms with van der Waals surface area (Å²) in [6.07, 6.45) is 6.15. The molecule has 1 aliphatic rings. The number of esters is 1. The highest BCUT2D eigenvalue weighted by molar-refractivity contribution is 5.84. The summed E-state index contributed by atoms with van der Waals surface area (Å²) in [4.78, 5) is 12.5. The minimum atomic E-state index is -0.582. The van der Waals surface area contributed by atoms with Crippen LogP contribution < -0.4 is 10.1 Å². The van der Waals surface area contributed by atoms with E-state index in [2.05, 4.69) is 5.32 Å². The van der Waals surface area contributed by atoms with E-state index in [-0.39, 0.29) is 5.97 Å². The topological polar surface area (TPSA) is 47.6 Å². The first kappa shape index (κ1) is 15.7. The van der Waals surface area contributed by atoms with Crippen LogP contribution in [-0.2, 0) is 9.53 Å². The first-order chi connectivity index (χ1) is 10.2. The van der Waals surface area contributed by atoms with Gasteiger partial charge in [0, 0.05) is 5.69 Å². The fraction of sp³-hybridized carbons (Fsp3) is 0.588. The van der Waals surface area contributed by atoms with E-state index in [1.165, 1.54) is 12.8 Å². The minimum absolute atomic E-state index is 0.122. The average molecular weight is 291 g/mol. The number of carbonyl (C=O) groups is 1. The van der Waals surface area contributed by atoms with Crippen LogP contribution in [0.3, 0.4) is 0 Å². The number of benzene rings is 1. The molecule has 1 aromatic carbocycles. The summed E-state index contributed by atoms with van der Waals surface area (Å²) >= 11 is 0. The van der Waals surface area contributed by atoms with Crippen molar-refractivity contribution < 1.29 is 14.3 Å². The Bertz CT molecular complexity index is 448. The van der Waals surface area contributed by atoms with Crippen molar-refractivity contribution in [2.24, 2.45) is 0 Å². The molecule has 0 radical (unpaired) electrons. The largest absolute Gasteiger partial charge is 0.497 e. The molecule has 2 rings (SSSR count). The molecule has 21 heavy (non-hydrogen) atoms. The highest BCUT2D eigenvalue weighted by Crippen LogP contribution is 2.32. The van der Waals surface area contributed by atoms with Crippen molar-refractivity contribution in [3.8, 4) is 5.75 Å². The number of hydrogen-bond acceptors (Lipinski definition) is 4. The Labute approximate surface area is 126 Å². The molecule has 0 heterocycles. The van der Waals surface area contributed by atoms with Crippen LogP contribution >= 0.6 is 0 Å². The maximum Gasteiger partial charge on any atom is 0.331 e. The van der Waals surface area contributed by atoms with E-state index in [1.54, 1.807) is 7.11 Å². The highest BCUT2D eigenvalue weighted by Gasteiger charge is 2.39. The van der Waals surface area contributed by atoms with E-state index in [0.29, 0.717) is 6.61 Å². The summed E-state index contributed by atoms with van der Waals surface area (Å²) in [6.45, 7) is 2.28. The van der Waals surface area contributed by atoms with Gasteiger partial charge in [0.15, 0.2) is 0 Å². The Morgan fingerprint density at radius 3 is 2.29 bits per heavy atom. The van der Waals surface area contributed by atoms with E-state index in [9.17, 15) is 4.79 Å². The molecule has 4 heteroatoms. The van der Waals surface area contributed by atoms with E-state index in [0.717, 1.165) is 37.1 Å². The van der Waals surface area contributed by atoms with Gasteiger partial charge < -0.3 is 14.8 Å². The van der Waals surface area contributed by atoms with Crippen LogP contribution in [0.5, 0.6) is 5.75 Å². The molecule has 1 aliphatic carbocycles. The third kappa shape index (κ3) is 3.90. The molecule has 0 atom stereocenters. The number of ether oxygens (including phenoxy) is 2. The van der Waals surface area contributed by atoms with E-state index >= 15 is 0 Å². The predicted molar refractivity (Wildman–Crippen MR) is 83.7 cm³/mol. The number of methoxy groups -OCH3 is 1. The standard InChI is InChI=1S/C17H25NO3/c1-3-21-16(19)17(12-6-4-5-7-13-17)18-14-8-10-15(20-2)11-9-14/h8-11,18H,3-7,12-13H2,1-2H3. The second-order valence-electron chi connectivity index (χ2n) is 5.57. The van der Waals surface area contributed by atoms with Gasteiger partial charge >= 0.3 is 5.97 Å². The highest BCUT2D eigenvalue weighted by atomic mass is 16.5. The molecular formula is C17H25NO3. The number of nitrogens with one attached hydrogen (secondary N) is 1. The van der Waals surface area contributed by atoms with Gasteiger partial charge in [-0.15, -0.1) is 0 Å². The van der Waals surface area contributed by atoms with E-state index in [4.69, 9.17) is 9.47 Å². The van der Waals surface area contributed by atoms with Gasteiger partial charge in [0.05, 0.1) is 13.7 Å². The lowest BCUT2D eigenvalue weighted by molar-refractivity contribution is -0.149. The summed E-state index contributed by atoms with van der Waals surface area (Å²) in [5, 5.41) is 3.44. The van der Waals surface area contributed by atoms with Gasteiger partial charge in [0.25, 0.3) is 0 Å². The van der Waals surface area contributed by atoms with Gasteiger partial charge in [-0.2, -0.15) is 0 Å². The summed E-state index contributed by atoms with van der Waals surface area (Å²) in [6, 6.07) is 7.70. The van der Waals surface area contributed by atoms with Crippen LogP contribution in [0.4, 0.5) is 5.69 Å². The Kier molecular flexibility index (Phi) is 5.48. The lowest BCUT2D eigenvalue weighted by Crippen LogP contribution is -2.47. The molecule has 1 saturated carbocycles. The number of hydrogen-bond donors (Lipinski definition) is 1. The number of carbonyl (C=O) groups excluding carboxylic acids is 1. The Morgan fingerprint density at radius 1 is 1.14 bits per heavy atom. The van der Waals surface area contributed by atoms with Crippen LogP contribution in [0.25, 0.3) is 0 Å². The molecule has 0 aromatic heterocycles. The monoisotopic (exact) mass is 291 g/mol. The van der Waals surface area contributed by atoms with Crippen LogP contribution in [0, 0.1) is 0 Å². The normalized spacial score (nSPS) is 17.6. The van der Waals surface area contributed by atoms with Gasteiger partial charge in [-0.3, -0.25) is 0 Å². The maximum atomic E-state index is 12.5. The van der Waals surface area contributed by atoms with Gasteiger partial charge in [-0.05, 0) is 44.0 Å². The molecule has 116 valence electrons. The SMILES string of the molecule is CCOC(=O)C1(Nc2ccc(OC)cc2)CCCCCC1. The first-order valence-corrected chi connectivity index (χ1v) is 7.79. The second-order valence-corrected chi connectivity index (χ2v) is 5.57. The minimum Gasteiger partial charge on any atom is -0.497 e. The zero-order valence-electron chi connectivity index (χ0n) is 13.0. The molecule has 0 aliphatic heterocycles. The summed E-state index contributed by atoms with van der Waals surface area (Å²) in [5.74, 6) is 0.689. The lowest BCUT2D eigenvalue weighted by atomic mass is 9.89. The van der Waals surface area contributed by atoms with E-state index < -0.39 is 5.54 Å². The molecular weight excluding hydrogens is 266 g/mol. The molecule has 0 bridgehead atoms. The molecule has 0 unspecified atom stereocenters. The third-order valence-corrected chi connectivity index (χ3v) is 4.10. The second kappa shape index (κ2) is 7.34. The Morgan fingerprint density at radius 2 is 1.76 bits per heavy atom. The Balaban J connectivity index is 2.19. The van der Waals surface area contributed by atoms with Crippen molar-refractivity contribution in [1.29, 1.82) is 0 Å². The number of anilines is 1. The quantitative estimate of drug-likeness (QED) is 0.663. The summed E-state index contributed by atoms with van der Waals surface area (Å²) in [5.41, 5.74) is 0.354. The van der Waals surface area contributed by atoms with Crippen LogP contribution in [0.2, 0.25) is 0 Å². The van der Waals surface area contributed by atoms with Crippen LogP contribution in [-0.4, -0.2) is 25.2 Å². The predicted octanol–water partition coefficient (Wildman–Crippen LogP) is 3.76. The fourth-order valence-electron chi connectivity index (χ4n) is 2.93. The van der Waals surface area contributed by atoms with Crippen LogP contribution in [0.1, 0.15) is 45.4 Å². The van der Waals surface area contributed by atoms with Gasteiger partial charge in [-0.1, -0.05) is 25.7 Å². The first-order valence-electron chi connectivity index (χ1n) is 7.79. The van der Waals surface area contributed by atoms with Crippen molar-refractivity contribution in [2.75, 3.05) is 19.0 Å². The average Bonchev–Trinajstić information content (AvgIpc) is 2.75. The molecule has 0 saturated heterocycles. The van der Waals surface area contributed by atoms with Crippen molar-refractivity contribution in [2.45, 2.75) is 51.0 Å². The maximum absolute atomic E-state index is 12.5. The molecule has 0 amide bonds.